The summed E-state index contributed by atoms with van der Waals surface area (Å²) in [7, 11) is 0. The van der Waals surface area contributed by atoms with Gasteiger partial charge >= 0.3 is 0 Å². The summed E-state index contributed by atoms with van der Waals surface area (Å²) in [5, 5.41) is 3.25. The molecule has 150 valence electrons. The van der Waals surface area contributed by atoms with Gasteiger partial charge in [0.15, 0.2) is 11.8 Å². The van der Waals surface area contributed by atoms with Gasteiger partial charge in [0, 0.05) is 0 Å². The molecule has 1 aliphatic rings. The van der Waals surface area contributed by atoms with Crippen molar-refractivity contribution in [3.63, 3.8) is 0 Å². The lowest BCUT2D eigenvalue weighted by molar-refractivity contribution is -0.936. The van der Waals surface area contributed by atoms with E-state index >= 15 is 0 Å². The second-order valence-corrected chi connectivity index (χ2v) is 7.79. The van der Waals surface area contributed by atoms with E-state index in [1.807, 2.05) is 72.8 Å². The number of benzene rings is 2. The van der Waals surface area contributed by atoms with Crippen LogP contribution >= 0.6 is 0 Å². The quantitative estimate of drug-likeness (QED) is 0.651. The Morgan fingerprint density at radius 3 is 2.03 bits per heavy atom. The Bertz CT molecular complexity index is 832. The van der Waals surface area contributed by atoms with Crippen LogP contribution in [0.1, 0.15) is 48.1 Å². The van der Waals surface area contributed by atoms with Crippen molar-refractivity contribution in [2.45, 2.75) is 31.2 Å². The van der Waals surface area contributed by atoms with Crippen LogP contribution in [0.3, 0.4) is 0 Å². The van der Waals surface area contributed by atoms with E-state index in [-0.39, 0.29) is 17.9 Å². The van der Waals surface area contributed by atoms with Gasteiger partial charge in [-0.2, -0.15) is 0 Å². The number of furan rings is 1. The first kappa shape index (κ1) is 19.5. The van der Waals surface area contributed by atoms with Crippen LogP contribution < -0.4 is 10.2 Å². The topological polar surface area (TPSA) is 46.7 Å². The first-order chi connectivity index (χ1) is 14.3. The van der Waals surface area contributed by atoms with E-state index in [1.165, 1.54) is 24.2 Å². The number of hydrogen-bond acceptors (Lipinski definition) is 2. The third-order valence-corrected chi connectivity index (χ3v) is 5.88. The van der Waals surface area contributed by atoms with Crippen molar-refractivity contribution in [1.82, 2.24) is 5.32 Å². The van der Waals surface area contributed by atoms with Crippen molar-refractivity contribution < 1.29 is 14.1 Å². The molecule has 0 aliphatic carbocycles. The van der Waals surface area contributed by atoms with Crippen LogP contribution in [0.4, 0.5) is 0 Å². The number of nitrogens with one attached hydrogen (secondary N) is 2. The summed E-state index contributed by atoms with van der Waals surface area (Å²) in [6.45, 7) is 2.84. The predicted molar refractivity (Wildman–Crippen MR) is 114 cm³/mol. The first-order valence-corrected chi connectivity index (χ1v) is 10.6. The lowest BCUT2D eigenvalue weighted by Crippen LogP contribution is -3.13. The maximum atomic E-state index is 13.3. The average Bonchev–Trinajstić information content (AvgIpc) is 3.31. The van der Waals surface area contributed by atoms with Gasteiger partial charge in [0.25, 0.3) is 0 Å². The molecule has 4 rings (SSSR count). The number of piperidine rings is 1. The molecule has 1 aromatic heterocycles. The Morgan fingerprint density at radius 1 is 0.862 bits per heavy atom. The van der Waals surface area contributed by atoms with E-state index in [9.17, 15) is 4.79 Å². The van der Waals surface area contributed by atoms with Crippen LogP contribution in [-0.2, 0) is 4.79 Å². The van der Waals surface area contributed by atoms with E-state index in [0.29, 0.717) is 6.54 Å². The zero-order valence-corrected chi connectivity index (χ0v) is 16.7. The third kappa shape index (κ3) is 4.77. The standard InChI is InChI=1S/C25H28N2O2/c28-25(24(20-11-4-1-5-12-20)21-13-6-2-7-14-21)26-19-22(23-15-10-18-29-23)27-16-8-3-9-17-27/h1-2,4-7,10-15,18,22,24H,3,8-9,16-17,19H2,(H,26,28)/p+1/t22-/m0/s1. The Hall–Kier alpha value is -2.85. The van der Waals surface area contributed by atoms with Gasteiger partial charge in [-0.15, -0.1) is 0 Å². The largest absolute Gasteiger partial charge is 0.463 e. The number of rotatable bonds is 7. The fraction of sp³-hybridized carbons (Fsp3) is 0.320. The molecule has 29 heavy (non-hydrogen) atoms. The molecular formula is C25H29N2O2+. The fourth-order valence-corrected chi connectivity index (χ4v) is 4.38. The van der Waals surface area contributed by atoms with Crippen LogP contribution in [0, 0.1) is 0 Å². The van der Waals surface area contributed by atoms with Crippen molar-refractivity contribution >= 4 is 5.91 Å². The number of likely N-dealkylation sites (tertiary alicyclic amines) is 1. The number of hydrogen-bond donors (Lipinski definition) is 2. The van der Waals surface area contributed by atoms with E-state index < -0.39 is 0 Å². The van der Waals surface area contributed by atoms with Crippen LogP contribution in [0.25, 0.3) is 0 Å². The third-order valence-electron chi connectivity index (χ3n) is 5.88. The monoisotopic (exact) mass is 389 g/mol. The normalized spacial score (nSPS) is 15.9. The van der Waals surface area contributed by atoms with Gasteiger partial charge in [-0.3, -0.25) is 4.79 Å². The minimum absolute atomic E-state index is 0.0374. The lowest BCUT2D eigenvalue weighted by atomic mass is 9.90. The second kappa shape index (κ2) is 9.57. The number of amides is 1. The highest BCUT2D eigenvalue weighted by atomic mass is 16.3. The molecule has 0 unspecified atom stereocenters. The number of quaternary nitrogens is 1. The summed E-state index contributed by atoms with van der Waals surface area (Å²) in [6, 6.07) is 24.1. The van der Waals surface area contributed by atoms with Gasteiger partial charge in [-0.1, -0.05) is 60.7 Å². The van der Waals surface area contributed by atoms with Gasteiger partial charge < -0.3 is 14.6 Å². The summed E-state index contributed by atoms with van der Waals surface area (Å²) in [5.74, 6) is 0.680. The van der Waals surface area contributed by atoms with Crippen LogP contribution in [-0.4, -0.2) is 25.5 Å². The minimum Gasteiger partial charge on any atom is -0.463 e. The summed E-state index contributed by atoms with van der Waals surface area (Å²) >= 11 is 0. The second-order valence-electron chi connectivity index (χ2n) is 7.79. The molecule has 1 atom stereocenters. The summed E-state index contributed by atoms with van der Waals surface area (Å²) < 4.78 is 5.74. The zero-order valence-electron chi connectivity index (χ0n) is 16.7. The molecule has 0 radical (unpaired) electrons. The maximum absolute atomic E-state index is 13.3. The molecule has 2 aromatic carbocycles. The van der Waals surface area contributed by atoms with Crippen molar-refractivity contribution in [3.05, 3.63) is 95.9 Å². The van der Waals surface area contributed by atoms with Crippen LogP contribution in [0.15, 0.2) is 83.5 Å². The molecule has 0 saturated carbocycles. The van der Waals surface area contributed by atoms with Gasteiger partial charge in [-0.05, 0) is 42.5 Å². The Labute approximate surface area is 172 Å². The highest BCUT2D eigenvalue weighted by molar-refractivity contribution is 5.87. The van der Waals surface area contributed by atoms with E-state index in [1.54, 1.807) is 6.26 Å². The molecule has 2 heterocycles. The molecule has 4 heteroatoms. The van der Waals surface area contributed by atoms with E-state index in [4.69, 9.17) is 4.42 Å². The summed E-state index contributed by atoms with van der Waals surface area (Å²) in [5.41, 5.74) is 2.02. The summed E-state index contributed by atoms with van der Waals surface area (Å²) in [6.07, 6.45) is 5.49. The highest BCUT2D eigenvalue weighted by Crippen LogP contribution is 2.25. The first-order valence-electron chi connectivity index (χ1n) is 10.6. The molecule has 1 saturated heterocycles. The Morgan fingerprint density at radius 2 is 1.48 bits per heavy atom. The van der Waals surface area contributed by atoms with Crippen molar-refractivity contribution in [3.8, 4) is 0 Å². The molecule has 0 spiro atoms. The average molecular weight is 390 g/mol. The van der Waals surface area contributed by atoms with Crippen molar-refractivity contribution in [2.75, 3.05) is 19.6 Å². The van der Waals surface area contributed by atoms with E-state index in [0.717, 1.165) is 30.0 Å². The van der Waals surface area contributed by atoms with Gasteiger partial charge in [0.1, 0.15) is 0 Å². The molecule has 3 aromatic rings. The lowest BCUT2D eigenvalue weighted by Gasteiger charge is -2.31. The Kier molecular flexibility index (Phi) is 6.42. The number of carbonyl (C=O) groups is 1. The van der Waals surface area contributed by atoms with Gasteiger partial charge in [0.05, 0.1) is 31.8 Å². The molecule has 2 N–H and O–H groups in total. The molecule has 4 nitrogen and oxygen atoms in total. The smallest absolute Gasteiger partial charge is 0.232 e. The minimum atomic E-state index is -0.314. The van der Waals surface area contributed by atoms with Crippen LogP contribution in [0.2, 0.25) is 0 Å². The predicted octanol–water partition coefficient (Wildman–Crippen LogP) is 3.34. The SMILES string of the molecule is O=C(NC[C@@H](c1ccco1)[NH+]1CCCCC1)C(c1ccccc1)c1ccccc1. The highest BCUT2D eigenvalue weighted by Gasteiger charge is 2.30. The van der Waals surface area contributed by atoms with E-state index in [2.05, 4.69) is 5.32 Å². The van der Waals surface area contributed by atoms with Crippen molar-refractivity contribution in [2.24, 2.45) is 0 Å². The molecule has 0 bridgehead atoms. The number of carbonyl (C=O) groups excluding carboxylic acids is 1. The Balaban J connectivity index is 1.53. The zero-order chi connectivity index (χ0) is 19.9. The maximum Gasteiger partial charge on any atom is 0.232 e. The van der Waals surface area contributed by atoms with Gasteiger partial charge in [0.2, 0.25) is 5.91 Å². The molecule has 1 aliphatic heterocycles. The van der Waals surface area contributed by atoms with Crippen LogP contribution in [0.5, 0.6) is 0 Å². The molecular weight excluding hydrogens is 360 g/mol. The molecule has 1 fully saturated rings. The van der Waals surface area contributed by atoms with Crippen molar-refractivity contribution in [1.29, 1.82) is 0 Å². The fourth-order valence-electron chi connectivity index (χ4n) is 4.38. The van der Waals surface area contributed by atoms with Gasteiger partial charge in [-0.25, -0.2) is 0 Å². The summed E-state index contributed by atoms with van der Waals surface area (Å²) in [4.78, 5) is 14.9. The molecule has 1 amide bonds.